The zero-order chi connectivity index (χ0) is 21.7. The second-order valence-electron chi connectivity index (χ2n) is 12.9. The van der Waals surface area contributed by atoms with Crippen LogP contribution in [0, 0.1) is 46.3 Å². The molecule has 0 bridgehead atoms. The highest BCUT2D eigenvalue weighted by molar-refractivity contribution is 5.25. The van der Waals surface area contributed by atoms with Gasteiger partial charge in [-0.3, -0.25) is 0 Å². The van der Waals surface area contributed by atoms with Gasteiger partial charge in [0.2, 0.25) is 0 Å². The quantitative estimate of drug-likeness (QED) is 0.188. The summed E-state index contributed by atoms with van der Waals surface area (Å²) < 4.78 is 0. The van der Waals surface area contributed by atoms with E-state index in [4.69, 9.17) is 5.53 Å². The summed E-state index contributed by atoms with van der Waals surface area (Å²) in [6, 6.07) is 0. The van der Waals surface area contributed by atoms with Crippen LogP contribution in [0.2, 0.25) is 0 Å². The van der Waals surface area contributed by atoms with Crippen molar-refractivity contribution in [2.24, 2.45) is 51.5 Å². The molecule has 3 saturated carbocycles. The van der Waals surface area contributed by atoms with Crippen molar-refractivity contribution in [1.29, 1.82) is 0 Å². The summed E-state index contributed by atoms with van der Waals surface area (Å²) >= 11 is 0. The molecular formula is C27H45N3. The summed E-state index contributed by atoms with van der Waals surface area (Å²) in [5.74, 6) is 5.23. The number of hydrogen-bond acceptors (Lipinski definition) is 1. The van der Waals surface area contributed by atoms with Gasteiger partial charge in [0.25, 0.3) is 0 Å². The summed E-state index contributed by atoms with van der Waals surface area (Å²) in [5, 5.41) is 4.03. The lowest BCUT2D eigenvalue weighted by molar-refractivity contribution is -0.0524. The molecule has 0 aromatic carbocycles. The Morgan fingerprint density at radius 2 is 1.93 bits per heavy atom. The van der Waals surface area contributed by atoms with Crippen molar-refractivity contribution in [3.05, 3.63) is 22.1 Å². The molecule has 4 rings (SSSR count). The molecule has 0 aromatic rings. The van der Waals surface area contributed by atoms with E-state index in [0.717, 1.165) is 41.9 Å². The number of fused-ring (bicyclic) bond motifs is 5. The number of azide groups is 1. The van der Waals surface area contributed by atoms with Gasteiger partial charge in [-0.1, -0.05) is 58.3 Å². The molecule has 0 aliphatic heterocycles. The van der Waals surface area contributed by atoms with Crippen LogP contribution in [0.25, 0.3) is 10.4 Å². The fourth-order valence-corrected chi connectivity index (χ4v) is 8.77. The smallest absolute Gasteiger partial charge is 0.0432 e. The highest BCUT2D eigenvalue weighted by Gasteiger charge is 2.58. The Labute approximate surface area is 185 Å². The van der Waals surface area contributed by atoms with Crippen molar-refractivity contribution >= 4 is 0 Å². The third kappa shape index (κ3) is 3.64. The molecule has 0 radical (unpaired) electrons. The minimum Gasteiger partial charge on any atom is -0.0878 e. The van der Waals surface area contributed by atoms with Gasteiger partial charge in [0, 0.05) is 10.5 Å². The summed E-state index contributed by atoms with van der Waals surface area (Å²) in [7, 11) is 0. The number of hydrogen-bond donors (Lipinski definition) is 0. The largest absolute Gasteiger partial charge is 0.0878 e. The van der Waals surface area contributed by atoms with Gasteiger partial charge >= 0.3 is 0 Å². The molecule has 3 fully saturated rings. The predicted molar refractivity (Wildman–Crippen MR) is 126 cm³/mol. The van der Waals surface area contributed by atoms with E-state index in [2.05, 4.69) is 57.6 Å². The lowest BCUT2D eigenvalue weighted by Crippen LogP contribution is -2.50. The number of rotatable bonds is 5. The van der Waals surface area contributed by atoms with Crippen molar-refractivity contribution in [2.75, 3.05) is 0 Å². The summed E-state index contributed by atoms with van der Waals surface area (Å²) in [6.45, 7) is 14.4. The molecule has 3 unspecified atom stereocenters. The lowest BCUT2D eigenvalue weighted by atomic mass is 9.46. The molecule has 168 valence electrons. The van der Waals surface area contributed by atoms with E-state index in [1.807, 2.05) is 5.57 Å². The first-order valence-electron chi connectivity index (χ1n) is 12.9. The van der Waals surface area contributed by atoms with Crippen LogP contribution in [0.3, 0.4) is 0 Å². The summed E-state index contributed by atoms with van der Waals surface area (Å²) in [4.78, 5) is 3.07. The van der Waals surface area contributed by atoms with Crippen LogP contribution in [0.5, 0.6) is 0 Å². The van der Waals surface area contributed by atoms with E-state index in [-0.39, 0.29) is 5.54 Å². The van der Waals surface area contributed by atoms with Gasteiger partial charge in [0.05, 0.1) is 0 Å². The first-order chi connectivity index (χ1) is 14.1. The Kier molecular flexibility index (Phi) is 5.84. The average molecular weight is 412 g/mol. The first kappa shape index (κ1) is 22.3. The van der Waals surface area contributed by atoms with Gasteiger partial charge in [-0.15, -0.1) is 0 Å². The van der Waals surface area contributed by atoms with E-state index in [1.54, 1.807) is 0 Å². The van der Waals surface area contributed by atoms with Gasteiger partial charge in [-0.05, 0) is 116 Å². The topological polar surface area (TPSA) is 48.8 Å². The Bertz CT molecular complexity index is 732. The van der Waals surface area contributed by atoms with Gasteiger partial charge in [0.1, 0.15) is 0 Å². The second kappa shape index (κ2) is 7.88. The van der Waals surface area contributed by atoms with E-state index < -0.39 is 0 Å². The number of allylic oxidation sites excluding steroid dienone is 2. The lowest BCUT2D eigenvalue weighted by Gasteiger charge is -2.58. The SMILES string of the molecule is C[C@H]1CC[C@@]2(C)C(=CCC3C2CC[C@@]2(C)C3CC[C@@H]2[C@H](C)CCC(C)(C)N=[N+]=[N-])C1. The molecule has 0 saturated heterocycles. The van der Waals surface area contributed by atoms with Crippen molar-refractivity contribution < 1.29 is 0 Å². The fourth-order valence-electron chi connectivity index (χ4n) is 8.77. The zero-order valence-corrected chi connectivity index (χ0v) is 20.5. The van der Waals surface area contributed by atoms with Crippen molar-refractivity contribution in [2.45, 2.75) is 111 Å². The standard InChI is InChI=1S/C27H45N3/c1-18-11-15-26(5)20(17-18)7-8-21-23-10-9-22(27(23,6)16-13-24(21)26)19(2)12-14-25(3,4)29-30-28/h7,18-19,21-24H,8-17H2,1-6H3/t18-,19+,21?,22+,23?,24?,26-,27+/m0/s1. The molecule has 0 heterocycles. The molecule has 3 nitrogen and oxygen atoms in total. The predicted octanol–water partition coefficient (Wildman–Crippen LogP) is 8.71. The molecular weight excluding hydrogens is 366 g/mol. The van der Waals surface area contributed by atoms with Crippen LogP contribution in [-0.2, 0) is 0 Å². The first-order valence-corrected chi connectivity index (χ1v) is 12.9. The Morgan fingerprint density at radius 1 is 1.17 bits per heavy atom. The van der Waals surface area contributed by atoms with Gasteiger partial charge in [-0.25, -0.2) is 0 Å². The molecule has 4 aliphatic rings. The molecule has 8 atom stereocenters. The van der Waals surface area contributed by atoms with Crippen LogP contribution in [0.4, 0.5) is 0 Å². The van der Waals surface area contributed by atoms with E-state index >= 15 is 0 Å². The molecule has 0 aromatic heterocycles. The Morgan fingerprint density at radius 3 is 2.67 bits per heavy atom. The van der Waals surface area contributed by atoms with Crippen LogP contribution in [0.15, 0.2) is 16.8 Å². The monoisotopic (exact) mass is 411 g/mol. The van der Waals surface area contributed by atoms with Gasteiger partial charge in [0.15, 0.2) is 0 Å². The highest BCUT2D eigenvalue weighted by Crippen LogP contribution is 2.67. The van der Waals surface area contributed by atoms with Crippen molar-refractivity contribution in [1.82, 2.24) is 0 Å². The third-order valence-corrected chi connectivity index (χ3v) is 10.6. The van der Waals surface area contributed by atoms with Crippen LogP contribution < -0.4 is 0 Å². The van der Waals surface area contributed by atoms with Crippen LogP contribution in [0.1, 0.15) is 106 Å². The minimum absolute atomic E-state index is 0.253. The van der Waals surface area contributed by atoms with Crippen LogP contribution in [-0.4, -0.2) is 5.54 Å². The second-order valence-corrected chi connectivity index (χ2v) is 12.9. The molecule has 4 aliphatic carbocycles. The Balaban J connectivity index is 1.49. The zero-order valence-electron chi connectivity index (χ0n) is 20.5. The maximum absolute atomic E-state index is 8.86. The van der Waals surface area contributed by atoms with Crippen molar-refractivity contribution in [3.8, 4) is 0 Å². The summed E-state index contributed by atoms with van der Waals surface area (Å²) in [5.41, 5.74) is 11.5. The molecule has 30 heavy (non-hydrogen) atoms. The van der Waals surface area contributed by atoms with Gasteiger partial charge in [-0.2, -0.15) is 0 Å². The fraction of sp³-hybridized carbons (Fsp3) is 0.926. The summed E-state index contributed by atoms with van der Waals surface area (Å²) in [6.07, 6.45) is 16.2. The van der Waals surface area contributed by atoms with E-state index in [9.17, 15) is 0 Å². The minimum atomic E-state index is -0.253. The maximum atomic E-state index is 8.86. The van der Waals surface area contributed by atoms with Crippen molar-refractivity contribution in [3.63, 3.8) is 0 Å². The number of nitrogens with zero attached hydrogens (tertiary/aromatic N) is 3. The highest BCUT2D eigenvalue weighted by atomic mass is 15.2. The van der Waals surface area contributed by atoms with E-state index in [0.29, 0.717) is 10.8 Å². The van der Waals surface area contributed by atoms with E-state index in [1.165, 1.54) is 57.8 Å². The molecule has 0 amide bonds. The Hall–Kier alpha value is -0.950. The molecule has 0 N–H and O–H groups in total. The average Bonchev–Trinajstić information content (AvgIpc) is 3.04. The van der Waals surface area contributed by atoms with Crippen LogP contribution >= 0.6 is 0 Å². The van der Waals surface area contributed by atoms with Gasteiger partial charge < -0.3 is 0 Å². The normalized spacial score (nSPS) is 44.2. The third-order valence-electron chi connectivity index (χ3n) is 10.6. The maximum Gasteiger partial charge on any atom is 0.0432 e. The molecule has 3 heteroatoms. The molecule has 0 spiro atoms.